The summed E-state index contributed by atoms with van der Waals surface area (Å²) >= 11 is 3.47. The number of imide groups is 2. The number of hydrogen-bond donors (Lipinski definition) is 1. The molecule has 8 nitrogen and oxygen atoms in total. The maximum absolute atomic E-state index is 13.3. The molecule has 0 radical (unpaired) electrons. The Morgan fingerprint density at radius 1 is 1.05 bits per heavy atom. The standard InChI is InChI=1S/C28H22BrN3O5/c1-16-8-17(2)10-21(9-16)32-27(34)22(26(33)31-28(32)35)11-18-12-23(29)25(24(13-18)36-3)37-15-20-7-5-4-6-19(20)14-30/h4-13H,15H2,1-3H3,(H,31,33,35)/b22-11+. The molecule has 1 heterocycles. The van der Waals surface area contributed by atoms with Gasteiger partial charge in [-0.25, -0.2) is 9.69 Å². The number of methoxy groups -OCH3 is 1. The summed E-state index contributed by atoms with van der Waals surface area (Å²) in [5.74, 6) is -0.785. The minimum absolute atomic E-state index is 0.132. The fourth-order valence-electron chi connectivity index (χ4n) is 4.01. The molecular weight excluding hydrogens is 538 g/mol. The summed E-state index contributed by atoms with van der Waals surface area (Å²) in [6.07, 6.45) is 1.39. The Morgan fingerprint density at radius 3 is 2.43 bits per heavy atom. The molecular formula is C28H22BrN3O5. The summed E-state index contributed by atoms with van der Waals surface area (Å²) in [6.45, 7) is 3.85. The summed E-state index contributed by atoms with van der Waals surface area (Å²) in [6, 6.07) is 17.0. The van der Waals surface area contributed by atoms with Gasteiger partial charge >= 0.3 is 6.03 Å². The number of nitrogens with zero attached hydrogens (tertiary/aromatic N) is 2. The number of carbonyl (C=O) groups is 3. The second kappa shape index (κ2) is 10.7. The van der Waals surface area contributed by atoms with Gasteiger partial charge in [0.25, 0.3) is 11.8 Å². The molecule has 1 aliphatic rings. The third kappa shape index (κ3) is 5.39. The first-order valence-electron chi connectivity index (χ1n) is 11.2. The largest absolute Gasteiger partial charge is 0.493 e. The van der Waals surface area contributed by atoms with E-state index in [-0.39, 0.29) is 12.2 Å². The van der Waals surface area contributed by atoms with E-state index in [2.05, 4.69) is 27.3 Å². The van der Waals surface area contributed by atoms with E-state index in [0.717, 1.165) is 16.0 Å². The highest BCUT2D eigenvalue weighted by Gasteiger charge is 2.37. The van der Waals surface area contributed by atoms with E-state index in [4.69, 9.17) is 9.47 Å². The molecule has 0 unspecified atom stereocenters. The third-order valence-electron chi connectivity index (χ3n) is 5.64. The minimum atomic E-state index is -0.808. The topological polar surface area (TPSA) is 109 Å². The van der Waals surface area contributed by atoms with Crippen LogP contribution in [0.25, 0.3) is 6.08 Å². The lowest BCUT2D eigenvalue weighted by atomic mass is 10.0. The molecule has 186 valence electrons. The lowest BCUT2D eigenvalue weighted by Gasteiger charge is -2.27. The second-order valence-electron chi connectivity index (χ2n) is 8.40. The van der Waals surface area contributed by atoms with Crippen molar-refractivity contribution in [1.29, 1.82) is 5.26 Å². The highest BCUT2D eigenvalue weighted by atomic mass is 79.9. The first-order chi connectivity index (χ1) is 17.7. The van der Waals surface area contributed by atoms with Gasteiger partial charge in [0.2, 0.25) is 0 Å². The van der Waals surface area contributed by atoms with Crippen LogP contribution in [-0.2, 0) is 16.2 Å². The van der Waals surface area contributed by atoms with Gasteiger partial charge in [-0.1, -0.05) is 24.3 Å². The van der Waals surface area contributed by atoms with Crippen LogP contribution >= 0.6 is 15.9 Å². The number of halogens is 1. The third-order valence-corrected chi connectivity index (χ3v) is 6.23. The van der Waals surface area contributed by atoms with Crippen LogP contribution in [0, 0.1) is 25.2 Å². The van der Waals surface area contributed by atoms with Crippen molar-refractivity contribution in [1.82, 2.24) is 5.32 Å². The van der Waals surface area contributed by atoms with Crippen LogP contribution in [0.3, 0.4) is 0 Å². The first-order valence-corrected chi connectivity index (χ1v) is 12.0. The Kier molecular flexibility index (Phi) is 7.41. The summed E-state index contributed by atoms with van der Waals surface area (Å²) in [5, 5.41) is 11.5. The van der Waals surface area contributed by atoms with E-state index in [1.165, 1.54) is 13.2 Å². The van der Waals surface area contributed by atoms with E-state index < -0.39 is 17.8 Å². The molecule has 0 aliphatic carbocycles. The number of barbiturate groups is 1. The number of nitrogens with one attached hydrogen (secondary N) is 1. The fraction of sp³-hybridized carbons (Fsp3) is 0.143. The predicted octanol–water partition coefficient (Wildman–Crippen LogP) is 5.19. The van der Waals surface area contributed by atoms with Crippen LogP contribution in [-0.4, -0.2) is 25.0 Å². The number of benzene rings is 3. The first kappa shape index (κ1) is 25.7. The fourth-order valence-corrected chi connectivity index (χ4v) is 4.58. The molecule has 0 atom stereocenters. The molecule has 9 heteroatoms. The number of nitriles is 1. The Balaban J connectivity index is 1.66. The SMILES string of the molecule is COc1cc(/C=C2\C(=O)NC(=O)N(c3cc(C)cc(C)c3)C2=O)cc(Br)c1OCc1ccccc1C#N. The molecule has 0 spiro atoms. The molecule has 0 saturated carbocycles. The Bertz CT molecular complexity index is 1490. The van der Waals surface area contributed by atoms with Gasteiger partial charge in [-0.2, -0.15) is 5.26 Å². The van der Waals surface area contributed by atoms with Crippen LogP contribution in [0.15, 0.2) is 64.6 Å². The molecule has 3 aromatic carbocycles. The minimum Gasteiger partial charge on any atom is -0.493 e. The normalized spacial score (nSPS) is 14.4. The van der Waals surface area contributed by atoms with Crippen LogP contribution in [0.5, 0.6) is 11.5 Å². The summed E-state index contributed by atoms with van der Waals surface area (Å²) in [7, 11) is 1.47. The quantitative estimate of drug-likeness (QED) is 0.328. The molecule has 0 aromatic heterocycles. The lowest BCUT2D eigenvalue weighted by Crippen LogP contribution is -2.54. The van der Waals surface area contributed by atoms with Gasteiger partial charge < -0.3 is 9.47 Å². The van der Waals surface area contributed by atoms with E-state index in [1.54, 1.807) is 42.5 Å². The molecule has 1 aliphatic heterocycles. The van der Waals surface area contributed by atoms with Crippen molar-refractivity contribution in [3.05, 3.63) is 92.5 Å². The average molecular weight is 560 g/mol. The number of urea groups is 1. The van der Waals surface area contributed by atoms with Gasteiger partial charge in [0, 0.05) is 5.56 Å². The van der Waals surface area contributed by atoms with Crippen molar-refractivity contribution in [2.45, 2.75) is 20.5 Å². The van der Waals surface area contributed by atoms with Crippen molar-refractivity contribution in [2.75, 3.05) is 12.0 Å². The van der Waals surface area contributed by atoms with Gasteiger partial charge in [0.1, 0.15) is 12.2 Å². The molecule has 37 heavy (non-hydrogen) atoms. The van der Waals surface area contributed by atoms with Gasteiger partial charge in [0.15, 0.2) is 11.5 Å². The molecule has 1 fully saturated rings. The molecule has 4 amide bonds. The van der Waals surface area contributed by atoms with Crippen LogP contribution in [0.1, 0.15) is 27.8 Å². The number of anilines is 1. The van der Waals surface area contributed by atoms with Crippen LogP contribution < -0.4 is 19.7 Å². The second-order valence-corrected chi connectivity index (χ2v) is 9.25. The average Bonchev–Trinajstić information content (AvgIpc) is 2.85. The molecule has 0 bridgehead atoms. The predicted molar refractivity (Wildman–Crippen MR) is 141 cm³/mol. The summed E-state index contributed by atoms with van der Waals surface area (Å²) in [4.78, 5) is 39.4. The van der Waals surface area contributed by atoms with Gasteiger partial charge in [-0.15, -0.1) is 0 Å². The molecule has 1 N–H and O–H groups in total. The van der Waals surface area contributed by atoms with Gasteiger partial charge in [-0.05, 0) is 82.9 Å². The summed E-state index contributed by atoms with van der Waals surface area (Å²) in [5.41, 5.74) is 3.61. The molecule has 1 saturated heterocycles. The van der Waals surface area contributed by atoms with Crippen molar-refractivity contribution in [3.63, 3.8) is 0 Å². The summed E-state index contributed by atoms with van der Waals surface area (Å²) < 4.78 is 11.9. The number of aryl methyl sites for hydroxylation is 2. The highest BCUT2D eigenvalue weighted by molar-refractivity contribution is 9.10. The zero-order valence-corrected chi connectivity index (χ0v) is 21.9. The monoisotopic (exact) mass is 559 g/mol. The van der Waals surface area contributed by atoms with Crippen molar-refractivity contribution >= 4 is 45.5 Å². The number of rotatable bonds is 6. The van der Waals surface area contributed by atoms with E-state index in [9.17, 15) is 19.6 Å². The highest BCUT2D eigenvalue weighted by Crippen LogP contribution is 2.38. The van der Waals surface area contributed by atoms with E-state index in [1.807, 2.05) is 26.0 Å². The molecule has 3 aromatic rings. The zero-order chi connectivity index (χ0) is 26.7. The van der Waals surface area contributed by atoms with Crippen molar-refractivity contribution in [2.24, 2.45) is 0 Å². The number of hydrogen-bond acceptors (Lipinski definition) is 6. The smallest absolute Gasteiger partial charge is 0.335 e. The number of carbonyl (C=O) groups excluding carboxylic acids is 3. The Hall–Kier alpha value is -4.42. The number of amides is 4. The van der Waals surface area contributed by atoms with Gasteiger partial charge in [0.05, 0.1) is 28.9 Å². The van der Waals surface area contributed by atoms with E-state index >= 15 is 0 Å². The van der Waals surface area contributed by atoms with Crippen molar-refractivity contribution in [3.8, 4) is 17.6 Å². The maximum atomic E-state index is 13.3. The van der Waals surface area contributed by atoms with Crippen LogP contribution in [0.4, 0.5) is 10.5 Å². The van der Waals surface area contributed by atoms with Gasteiger partial charge in [-0.3, -0.25) is 14.9 Å². The number of ether oxygens (including phenoxy) is 2. The van der Waals surface area contributed by atoms with Crippen LogP contribution in [0.2, 0.25) is 0 Å². The van der Waals surface area contributed by atoms with Crippen molar-refractivity contribution < 1.29 is 23.9 Å². The lowest BCUT2D eigenvalue weighted by molar-refractivity contribution is -0.122. The zero-order valence-electron chi connectivity index (χ0n) is 20.3. The maximum Gasteiger partial charge on any atom is 0.335 e. The molecule has 4 rings (SSSR count). The van der Waals surface area contributed by atoms with E-state index in [0.29, 0.717) is 38.3 Å². The Labute approximate surface area is 222 Å². The Morgan fingerprint density at radius 2 is 1.76 bits per heavy atom.